The maximum Gasteiger partial charge on any atom is 0.231 e. The Morgan fingerprint density at radius 2 is 1.83 bits per heavy atom. The zero-order valence-corrected chi connectivity index (χ0v) is 15.3. The van der Waals surface area contributed by atoms with Gasteiger partial charge in [-0.05, 0) is 36.1 Å². The molecule has 1 heterocycles. The second-order valence-electron chi connectivity index (χ2n) is 5.37. The molecular weight excluding hydrogens is 401 g/mol. The van der Waals surface area contributed by atoms with Crippen molar-refractivity contribution in [3.05, 3.63) is 72.1 Å². The molecular formula is C19H18INO2. The van der Waals surface area contributed by atoms with Crippen LogP contribution in [-0.4, -0.2) is 12.9 Å². The number of benzene rings is 2. The van der Waals surface area contributed by atoms with Crippen LogP contribution in [0, 0.1) is 6.92 Å². The maximum absolute atomic E-state index is 12.5. The van der Waals surface area contributed by atoms with E-state index in [0.717, 1.165) is 10.9 Å². The molecule has 0 spiro atoms. The van der Waals surface area contributed by atoms with Gasteiger partial charge in [0.15, 0.2) is 12.4 Å². The number of fused-ring (bicyclic) bond motifs is 1. The van der Waals surface area contributed by atoms with Gasteiger partial charge in [-0.15, -0.1) is 0 Å². The van der Waals surface area contributed by atoms with Crippen molar-refractivity contribution in [2.45, 2.75) is 13.5 Å². The normalized spacial score (nSPS) is 10.2. The van der Waals surface area contributed by atoms with Crippen LogP contribution in [0.3, 0.4) is 0 Å². The van der Waals surface area contributed by atoms with Gasteiger partial charge in [0.1, 0.15) is 5.75 Å². The van der Waals surface area contributed by atoms with Crippen LogP contribution in [0.15, 0.2) is 60.9 Å². The van der Waals surface area contributed by atoms with Crippen molar-refractivity contribution < 1.29 is 38.1 Å². The Bertz CT molecular complexity index is 846. The van der Waals surface area contributed by atoms with Crippen molar-refractivity contribution in [1.29, 1.82) is 0 Å². The van der Waals surface area contributed by atoms with Crippen molar-refractivity contribution in [3.63, 3.8) is 0 Å². The summed E-state index contributed by atoms with van der Waals surface area (Å²) in [5.74, 6) is 0.670. The molecule has 23 heavy (non-hydrogen) atoms. The quantitative estimate of drug-likeness (QED) is 0.347. The van der Waals surface area contributed by atoms with Crippen molar-refractivity contribution in [2.24, 2.45) is 0 Å². The monoisotopic (exact) mass is 419 g/mol. The second kappa shape index (κ2) is 7.55. The number of aromatic nitrogens is 1. The number of halogens is 1. The van der Waals surface area contributed by atoms with Crippen molar-refractivity contribution >= 4 is 16.6 Å². The molecule has 0 atom stereocenters. The number of ether oxygens (including phenoxy) is 1. The van der Waals surface area contributed by atoms with Gasteiger partial charge in [-0.3, -0.25) is 4.79 Å². The summed E-state index contributed by atoms with van der Waals surface area (Å²) in [7, 11) is 1.59. The van der Waals surface area contributed by atoms with Crippen LogP contribution in [-0.2, 0) is 6.54 Å². The van der Waals surface area contributed by atoms with Gasteiger partial charge >= 0.3 is 0 Å². The van der Waals surface area contributed by atoms with Crippen LogP contribution >= 0.6 is 0 Å². The second-order valence-corrected chi connectivity index (χ2v) is 5.37. The summed E-state index contributed by atoms with van der Waals surface area (Å²) in [5, 5.41) is 2.28. The van der Waals surface area contributed by atoms with Gasteiger partial charge < -0.3 is 28.7 Å². The molecule has 0 saturated carbocycles. The molecule has 2 aromatic carbocycles. The molecule has 0 aliphatic rings. The number of rotatable bonds is 4. The SMILES string of the molecule is COc1cc(C)ccc1C(=O)C[n+]1ccc2ccccc2c1.[I-]. The van der Waals surface area contributed by atoms with Gasteiger partial charge in [-0.1, -0.05) is 24.3 Å². The van der Waals surface area contributed by atoms with E-state index in [2.05, 4.69) is 6.07 Å². The highest BCUT2D eigenvalue weighted by Gasteiger charge is 2.17. The van der Waals surface area contributed by atoms with E-state index < -0.39 is 0 Å². The summed E-state index contributed by atoms with van der Waals surface area (Å²) in [6.45, 7) is 2.28. The van der Waals surface area contributed by atoms with Crippen LogP contribution in [0.2, 0.25) is 0 Å². The highest BCUT2D eigenvalue weighted by molar-refractivity contribution is 5.97. The third kappa shape index (κ3) is 3.88. The number of hydrogen-bond donors (Lipinski definition) is 0. The van der Waals surface area contributed by atoms with Gasteiger partial charge in [-0.2, -0.15) is 4.57 Å². The van der Waals surface area contributed by atoms with E-state index in [4.69, 9.17) is 4.74 Å². The lowest BCUT2D eigenvalue weighted by atomic mass is 10.1. The first-order valence-corrected chi connectivity index (χ1v) is 7.23. The zero-order valence-electron chi connectivity index (χ0n) is 13.1. The number of Topliss-reactive ketones (excluding diaryl/α,β-unsaturated/α-hetero) is 1. The maximum atomic E-state index is 12.5. The summed E-state index contributed by atoms with van der Waals surface area (Å²) in [5.41, 5.74) is 1.69. The average Bonchev–Trinajstić information content (AvgIpc) is 2.54. The fraction of sp³-hybridized carbons (Fsp3) is 0.158. The van der Waals surface area contributed by atoms with Gasteiger partial charge in [0, 0.05) is 11.5 Å². The summed E-state index contributed by atoms with van der Waals surface area (Å²) in [6, 6.07) is 15.8. The summed E-state index contributed by atoms with van der Waals surface area (Å²) in [6.07, 6.45) is 3.93. The van der Waals surface area contributed by atoms with E-state index in [0.29, 0.717) is 17.9 Å². The molecule has 0 fully saturated rings. The fourth-order valence-corrected chi connectivity index (χ4v) is 2.56. The van der Waals surface area contributed by atoms with E-state index in [1.54, 1.807) is 7.11 Å². The fourth-order valence-electron chi connectivity index (χ4n) is 2.56. The van der Waals surface area contributed by atoms with Crippen molar-refractivity contribution in [3.8, 4) is 5.75 Å². The summed E-state index contributed by atoms with van der Waals surface area (Å²) < 4.78 is 7.23. The largest absolute Gasteiger partial charge is 1.00 e. The van der Waals surface area contributed by atoms with Gasteiger partial charge in [0.05, 0.1) is 12.7 Å². The predicted molar refractivity (Wildman–Crippen MR) is 86.2 cm³/mol. The van der Waals surface area contributed by atoms with Crippen molar-refractivity contribution in [2.75, 3.05) is 7.11 Å². The average molecular weight is 419 g/mol. The Labute approximate surface area is 152 Å². The van der Waals surface area contributed by atoms with E-state index in [1.807, 2.05) is 66.3 Å². The molecule has 0 radical (unpaired) electrons. The molecule has 1 aromatic heterocycles. The van der Waals surface area contributed by atoms with Crippen LogP contribution < -0.4 is 33.3 Å². The lowest BCUT2D eigenvalue weighted by Crippen LogP contribution is -3.00. The van der Waals surface area contributed by atoms with E-state index in [-0.39, 0.29) is 29.8 Å². The molecule has 118 valence electrons. The minimum absolute atomic E-state index is 0. The number of methoxy groups -OCH3 is 1. The summed E-state index contributed by atoms with van der Waals surface area (Å²) in [4.78, 5) is 12.5. The molecule has 4 heteroatoms. The third-order valence-corrected chi connectivity index (χ3v) is 3.73. The van der Waals surface area contributed by atoms with Crippen LogP contribution in [0.4, 0.5) is 0 Å². The number of pyridine rings is 1. The Hall–Kier alpha value is -1.95. The minimum Gasteiger partial charge on any atom is -1.00 e. The molecule has 0 aliphatic heterocycles. The molecule has 0 unspecified atom stereocenters. The van der Waals surface area contributed by atoms with Crippen LogP contribution in [0.1, 0.15) is 15.9 Å². The Morgan fingerprint density at radius 1 is 1.09 bits per heavy atom. The number of hydrogen-bond acceptors (Lipinski definition) is 2. The summed E-state index contributed by atoms with van der Waals surface area (Å²) >= 11 is 0. The van der Waals surface area contributed by atoms with Crippen molar-refractivity contribution in [1.82, 2.24) is 0 Å². The number of aryl methyl sites for hydroxylation is 1. The predicted octanol–water partition coefficient (Wildman–Crippen LogP) is 0.331. The number of nitrogens with zero attached hydrogens (tertiary/aromatic N) is 1. The number of carbonyl (C=O) groups is 1. The Balaban J connectivity index is 0.00000192. The third-order valence-electron chi connectivity index (χ3n) is 3.73. The van der Waals surface area contributed by atoms with Gasteiger partial charge in [0.25, 0.3) is 0 Å². The molecule has 0 amide bonds. The molecule has 0 N–H and O–H groups in total. The molecule has 0 saturated heterocycles. The van der Waals surface area contributed by atoms with E-state index in [1.165, 1.54) is 5.39 Å². The number of ketones is 1. The van der Waals surface area contributed by atoms with Gasteiger partial charge in [-0.25, -0.2) is 0 Å². The minimum atomic E-state index is 0. The first-order valence-electron chi connectivity index (χ1n) is 7.23. The Morgan fingerprint density at radius 3 is 2.57 bits per heavy atom. The highest BCUT2D eigenvalue weighted by Crippen LogP contribution is 2.20. The highest BCUT2D eigenvalue weighted by atomic mass is 127. The topological polar surface area (TPSA) is 30.2 Å². The molecule has 0 aliphatic carbocycles. The lowest BCUT2D eigenvalue weighted by Gasteiger charge is -2.07. The Kier molecular flexibility index (Phi) is 5.71. The molecule has 3 nitrogen and oxygen atoms in total. The molecule has 3 rings (SSSR count). The number of carbonyl (C=O) groups excluding carboxylic acids is 1. The first-order chi connectivity index (χ1) is 10.7. The smallest absolute Gasteiger partial charge is 0.231 e. The van der Waals surface area contributed by atoms with E-state index in [9.17, 15) is 4.79 Å². The molecule has 0 bridgehead atoms. The first kappa shape index (κ1) is 17.4. The lowest BCUT2D eigenvalue weighted by molar-refractivity contribution is -0.681. The zero-order chi connectivity index (χ0) is 15.5. The van der Waals surface area contributed by atoms with E-state index >= 15 is 0 Å². The van der Waals surface area contributed by atoms with Gasteiger partial charge in [0.2, 0.25) is 12.3 Å². The standard InChI is InChI=1S/C19H18NO2.HI/c1-14-7-8-17(19(11-14)22-2)18(21)13-20-10-9-15-5-3-4-6-16(15)12-20;/h3-12H,13H2,1-2H3;1H/q+1;/p-1. The van der Waals surface area contributed by atoms with Crippen LogP contribution in [0.5, 0.6) is 5.75 Å². The van der Waals surface area contributed by atoms with Crippen LogP contribution in [0.25, 0.3) is 10.8 Å². The molecule has 3 aromatic rings.